The molecule has 0 aromatic carbocycles. The molecule has 2 bridgehead atoms. The lowest BCUT2D eigenvalue weighted by Gasteiger charge is -2.30. The van der Waals surface area contributed by atoms with E-state index in [1.807, 2.05) is 4.90 Å². The molecule has 2 heterocycles. The van der Waals surface area contributed by atoms with Gasteiger partial charge in [-0.3, -0.25) is 4.79 Å². The SMILES string of the molecule is BC(=O)N1C2CCC1(C)CC2O. The molecule has 12 heavy (non-hydrogen) atoms. The number of amides is 1. The Bertz CT molecular complexity index is 233. The Hall–Kier alpha value is -0.505. The summed E-state index contributed by atoms with van der Waals surface area (Å²) in [7, 11) is 1.59. The lowest BCUT2D eigenvalue weighted by Crippen LogP contribution is -2.42. The van der Waals surface area contributed by atoms with Crippen molar-refractivity contribution in [1.29, 1.82) is 0 Å². The first-order chi connectivity index (χ1) is 5.54. The first-order valence-electron chi connectivity index (χ1n) is 4.52. The van der Waals surface area contributed by atoms with Crippen LogP contribution in [0.25, 0.3) is 0 Å². The number of hydrogen-bond acceptors (Lipinski definition) is 2. The highest BCUT2D eigenvalue weighted by atomic mass is 16.3. The molecule has 3 atom stereocenters. The van der Waals surface area contributed by atoms with E-state index < -0.39 is 0 Å². The molecule has 0 aromatic rings. The molecule has 3 nitrogen and oxygen atoms in total. The fourth-order valence-corrected chi connectivity index (χ4v) is 2.87. The molecule has 0 spiro atoms. The maximum Gasteiger partial charge on any atom is 0.215 e. The number of aliphatic hydroxyl groups is 1. The van der Waals surface area contributed by atoms with Gasteiger partial charge >= 0.3 is 0 Å². The topological polar surface area (TPSA) is 40.5 Å². The van der Waals surface area contributed by atoms with E-state index in [0.29, 0.717) is 0 Å². The van der Waals surface area contributed by atoms with Gasteiger partial charge in [0.25, 0.3) is 0 Å². The third-order valence-corrected chi connectivity index (χ3v) is 3.32. The molecule has 4 heteroatoms. The van der Waals surface area contributed by atoms with Gasteiger partial charge in [-0.05, 0) is 26.2 Å². The van der Waals surface area contributed by atoms with Gasteiger partial charge in [0.05, 0.1) is 12.1 Å². The van der Waals surface area contributed by atoms with Crippen molar-refractivity contribution in [2.45, 2.75) is 43.9 Å². The van der Waals surface area contributed by atoms with Gasteiger partial charge in [-0.25, -0.2) is 0 Å². The molecule has 3 unspecified atom stereocenters. The molecule has 2 rings (SSSR count). The Balaban J connectivity index is 2.30. The van der Waals surface area contributed by atoms with Crippen LogP contribution in [0.3, 0.4) is 0 Å². The number of rotatable bonds is 0. The zero-order chi connectivity index (χ0) is 8.93. The van der Waals surface area contributed by atoms with E-state index in [-0.39, 0.29) is 23.5 Å². The minimum Gasteiger partial charge on any atom is -0.391 e. The average molecular weight is 167 g/mol. The number of carbonyl (C=O) groups is 1. The molecular formula is C8H14BNO2. The van der Waals surface area contributed by atoms with E-state index in [4.69, 9.17) is 0 Å². The second kappa shape index (κ2) is 2.25. The highest BCUT2D eigenvalue weighted by Crippen LogP contribution is 2.45. The molecule has 0 aliphatic carbocycles. The Morgan fingerprint density at radius 2 is 2.42 bits per heavy atom. The van der Waals surface area contributed by atoms with Gasteiger partial charge in [-0.1, -0.05) is 0 Å². The van der Waals surface area contributed by atoms with Crippen molar-refractivity contribution < 1.29 is 9.90 Å². The number of aliphatic hydroxyl groups excluding tert-OH is 1. The Labute approximate surface area is 73.1 Å². The molecule has 2 aliphatic rings. The van der Waals surface area contributed by atoms with Gasteiger partial charge < -0.3 is 10.0 Å². The van der Waals surface area contributed by atoms with Gasteiger partial charge in [0.1, 0.15) is 0 Å². The minimum absolute atomic E-state index is 0.0457. The second-order valence-corrected chi connectivity index (χ2v) is 4.26. The Morgan fingerprint density at radius 1 is 1.75 bits per heavy atom. The van der Waals surface area contributed by atoms with E-state index in [1.54, 1.807) is 7.85 Å². The summed E-state index contributed by atoms with van der Waals surface area (Å²) >= 11 is 0. The van der Waals surface area contributed by atoms with Crippen molar-refractivity contribution in [2.24, 2.45) is 0 Å². The lowest BCUT2D eigenvalue weighted by atomic mass is 9.88. The van der Waals surface area contributed by atoms with Crippen molar-refractivity contribution in [3.63, 3.8) is 0 Å². The highest BCUT2D eigenvalue weighted by Gasteiger charge is 2.54. The largest absolute Gasteiger partial charge is 0.391 e. The quantitative estimate of drug-likeness (QED) is 0.504. The predicted molar refractivity (Wildman–Crippen MR) is 47.8 cm³/mol. The smallest absolute Gasteiger partial charge is 0.215 e. The number of hydrogen-bond donors (Lipinski definition) is 1. The third kappa shape index (κ3) is 0.844. The van der Waals surface area contributed by atoms with E-state index in [1.165, 1.54) is 0 Å². The van der Waals surface area contributed by atoms with Crippen LogP contribution in [0.5, 0.6) is 0 Å². The molecule has 1 N–H and O–H groups in total. The monoisotopic (exact) mass is 167 g/mol. The van der Waals surface area contributed by atoms with E-state index in [0.717, 1.165) is 19.3 Å². The summed E-state index contributed by atoms with van der Waals surface area (Å²) in [6.07, 6.45) is 2.50. The van der Waals surface area contributed by atoms with E-state index in [2.05, 4.69) is 6.92 Å². The normalized spacial score (nSPS) is 45.3. The second-order valence-electron chi connectivity index (χ2n) is 4.26. The molecule has 2 aliphatic heterocycles. The summed E-state index contributed by atoms with van der Waals surface area (Å²) in [6.45, 7) is 2.07. The summed E-state index contributed by atoms with van der Waals surface area (Å²) in [4.78, 5) is 13.1. The van der Waals surface area contributed by atoms with Crippen LogP contribution < -0.4 is 0 Å². The lowest BCUT2D eigenvalue weighted by molar-refractivity contribution is 0.129. The van der Waals surface area contributed by atoms with Crippen LogP contribution in [0.1, 0.15) is 26.2 Å². The average Bonchev–Trinajstić information content (AvgIpc) is 2.36. The molecule has 66 valence electrons. The summed E-state index contributed by atoms with van der Waals surface area (Å²) in [5, 5.41) is 9.61. The van der Waals surface area contributed by atoms with Crippen LogP contribution in [0.4, 0.5) is 4.79 Å². The maximum atomic E-state index is 11.3. The fraction of sp³-hybridized carbons (Fsp3) is 0.875. The molecule has 0 saturated carbocycles. The zero-order valence-electron chi connectivity index (χ0n) is 7.58. The van der Waals surface area contributed by atoms with Crippen LogP contribution in [0.2, 0.25) is 0 Å². The fourth-order valence-electron chi connectivity index (χ4n) is 2.87. The van der Waals surface area contributed by atoms with Crippen molar-refractivity contribution in [3.8, 4) is 0 Å². The van der Waals surface area contributed by atoms with Crippen molar-refractivity contribution >= 4 is 13.7 Å². The molecule has 2 fully saturated rings. The molecule has 1 amide bonds. The summed E-state index contributed by atoms with van der Waals surface area (Å²) < 4.78 is 0. The van der Waals surface area contributed by atoms with E-state index in [9.17, 15) is 9.90 Å². The number of fused-ring (bicyclic) bond motifs is 2. The Morgan fingerprint density at radius 3 is 2.67 bits per heavy atom. The van der Waals surface area contributed by atoms with Crippen LogP contribution in [0.15, 0.2) is 0 Å². The van der Waals surface area contributed by atoms with Gasteiger partial charge in [0.15, 0.2) is 5.81 Å². The van der Waals surface area contributed by atoms with Crippen LogP contribution in [-0.4, -0.2) is 41.3 Å². The minimum atomic E-state index is -0.285. The number of carbonyl (C=O) groups excluding carboxylic acids is 1. The summed E-state index contributed by atoms with van der Waals surface area (Å²) in [6, 6.07) is 0.104. The highest BCUT2D eigenvalue weighted by molar-refractivity contribution is 6.57. The van der Waals surface area contributed by atoms with Crippen molar-refractivity contribution in [1.82, 2.24) is 4.90 Å². The summed E-state index contributed by atoms with van der Waals surface area (Å²) in [5.74, 6) is 0.108. The molecule has 0 aromatic heterocycles. The van der Waals surface area contributed by atoms with E-state index >= 15 is 0 Å². The predicted octanol–water partition coefficient (Wildman–Crippen LogP) is -0.273. The van der Waals surface area contributed by atoms with Crippen LogP contribution >= 0.6 is 0 Å². The third-order valence-electron chi connectivity index (χ3n) is 3.32. The van der Waals surface area contributed by atoms with Gasteiger partial charge in [-0.15, -0.1) is 0 Å². The van der Waals surface area contributed by atoms with Crippen LogP contribution in [0, 0.1) is 0 Å². The Kier molecular flexibility index (Phi) is 1.52. The number of nitrogens with zero attached hydrogens (tertiary/aromatic N) is 1. The molecular weight excluding hydrogens is 153 g/mol. The van der Waals surface area contributed by atoms with Gasteiger partial charge in [-0.2, -0.15) is 0 Å². The zero-order valence-corrected chi connectivity index (χ0v) is 7.58. The van der Waals surface area contributed by atoms with Gasteiger partial charge in [0, 0.05) is 5.54 Å². The summed E-state index contributed by atoms with van der Waals surface area (Å²) in [5.41, 5.74) is -0.0457. The first kappa shape index (κ1) is 8.11. The van der Waals surface area contributed by atoms with Gasteiger partial charge in [0.2, 0.25) is 7.85 Å². The van der Waals surface area contributed by atoms with Crippen molar-refractivity contribution in [3.05, 3.63) is 0 Å². The van der Waals surface area contributed by atoms with Crippen molar-refractivity contribution in [2.75, 3.05) is 0 Å². The van der Waals surface area contributed by atoms with Crippen LogP contribution in [-0.2, 0) is 0 Å². The standard InChI is InChI=1S/C8H14BNO2/c1-8-3-2-5(6(11)4-8)10(8)7(9)12/h5-6,11H,2-4,9H2,1H3. The maximum absolute atomic E-state index is 11.3. The first-order valence-corrected chi connectivity index (χ1v) is 4.52. The molecule has 0 radical (unpaired) electrons. The molecule has 2 saturated heterocycles.